The maximum atomic E-state index is 11.3. The summed E-state index contributed by atoms with van der Waals surface area (Å²) in [6.45, 7) is 0. The van der Waals surface area contributed by atoms with E-state index in [4.69, 9.17) is 16.3 Å². The predicted molar refractivity (Wildman–Crippen MR) is 109 cm³/mol. The SMILES string of the molecule is COc1c(Sc2cccc(C(=O)O)c2)c2ccc(Cl)cc2n1-c1cnn(C)c1. The Labute approximate surface area is 170 Å². The van der Waals surface area contributed by atoms with E-state index < -0.39 is 5.97 Å². The number of methoxy groups -OCH3 is 1. The number of carbonyl (C=O) groups is 1. The fourth-order valence-electron chi connectivity index (χ4n) is 3.08. The Kier molecular flexibility index (Phi) is 4.78. The number of fused-ring (bicyclic) bond motifs is 1. The first-order chi connectivity index (χ1) is 13.5. The molecule has 0 saturated carbocycles. The van der Waals surface area contributed by atoms with Gasteiger partial charge in [-0.15, -0.1) is 0 Å². The molecule has 0 radical (unpaired) electrons. The molecule has 28 heavy (non-hydrogen) atoms. The van der Waals surface area contributed by atoms with Gasteiger partial charge in [-0.3, -0.25) is 9.25 Å². The Morgan fingerprint density at radius 2 is 2.07 bits per heavy atom. The van der Waals surface area contributed by atoms with Gasteiger partial charge >= 0.3 is 5.97 Å². The Balaban J connectivity index is 1.93. The zero-order valence-electron chi connectivity index (χ0n) is 15.1. The molecule has 0 aliphatic carbocycles. The number of aromatic nitrogens is 3. The average molecular weight is 414 g/mol. The molecular formula is C20H16ClN3O3S. The average Bonchev–Trinajstić information content (AvgIpc) is 3.22. The fraction of sp³-hybridized carbons (Fsp3) is 0.100. The van der Waals surface area contributed by atoms with Gasteiger partial charge in [0.25, 0.3) is 0 Å². The first-order valence-electron chi connectivity index (χ1n) is 8.36. The zero-order valence-corrected chi connectivity index (χ0v) is 16.7. The summed E-state index contributed by atoms with van der Waals surface area (Å²) in [5, 5.41) is 15.1. The quantitative estimate of drug-likeness (QED) is 0.505. The molecule has 0 amide bonds. The number of aryl methyl sites for hydroxylation is 1. The van der Waals surface area contributed by atoms with E-state index in [1.807, 2.05) is 42.1 Å². The lowest BCUT2D eigenvalue weighted by Crippen LogP contribution is -1.97. The summed E-state index contributed by atoms with van der Waals surface area (Å²) in [4.78, 5) is 13.0. The number of rotatable bonds is 5. The fourth-order valence-corrected chi connectivity index (χ4v) is 4.36. The van der Waals surface area contributed by atoms with Crippen LogP contribution < -0.4 is 4.74 Å². The van der Waals surface area contributed by atoms with Gasteiger partial charge in [-0.25, -0.2) is 4.79 Å². The maximum absolute atomic E-state index is 11.3. The molecule has 0 fully saturated rings. The lowest BCUT2D eigenvalue weighted by molar-refractivity contribution is 0.0696. The summed E-state index contributed by atoms with van der Waals surface area (Å²) in [6, 6.07) is 12.5. The van der Waals surface area contributed by atoms with Crippen LogP contribution in [0.3, 0.4) is 0 Å². The van der Waals surface area contributed by atoms with Crippen molar-refractivity contribution < 1.29 is 14.6 Å². The summed E-state index contributed by atoms with van der Waals surface area (Å²) < 4.78 is 9.43. The molecule has 2 aromatic heterocycles. The minimum Gasteiger partial charge on any atom is -0.481 e. The molecule has 0 atom stereocenters. The topological polar surface area (TPSA) is 69.3 Å². The van der Waals surface area contributed by atoms with Crippen LogP contribution in [0.25, 0.3) is 16.6 Å². The normalized spacial score (nSPS) is 11.1. The Morgan fingerprint density at radius 3 is 2.75 bits per heavy atom. The highest BCUT2D eigenvalue weighted by Crippen LogP contribution is 2.45. The summed E-state index contributed by atoms with van der Waals surface area (Å²) in [7, 11) is 3.46. The molecule has 4 aromatic rings. The van der Waals surface area contributed by atoms with Crippen molar-refractivity contribution in [3.8, 4) is 11.6 Å². The largest absolute Gasteiger partial charge is 0.481 e. The second-order valence-corrected chi connectivity index (χ2v) is 7.66. The third-order valence-corrected chi connectivity index (χ3v) is 5.61. The second-order valence-electron chi connectivity index (χ2n) is 6.14. The number of halogens is 1. The van der Waals surface area contributed by atoms with Gasteiger partial charge in [0.2, 0.25) is 5.88 Å². The minimum absolute atomic E-state index is 0.239. The van der Waals surface area contributed by atoms with Crippen LogP contribution in [0.15, 0.2) is 64.6 Å². The van der Waals surface area contributed by atoms with Crippen molar-refractivity contribution in [1.29, 1.82) is 0 Å². The first kappa shape index (κ1) is 18.5. The molecule has 0 bridgehead atoms. The number of carboxylic acid groups (broad SMARTS) is 1. The van der Waals surface area contributed by atoms with E-state index in [1.54, 1.807) is 36.2 Å². The van der Waals surface area contributed by atoms with Gasteiger partial charge in [0, 0.05) is 28.5 Å². The number of benzene rings is 2. The highest BCUT2D eigenvalue weighted by molar-refractivity contribution is 7.99. The molecule has 6 nitrogen and oxygen atoms in total. The lowest BCUT2D eigenvalue weighted by Gasteiger charge is -2.09. The molecule has 1 N–H and O–H groups in total. The van der Waals surface area contributed by atoms with Crippen LogP contribution in [0.1, 0.15) is 10.4 Å². The van der Waals surface area contributed by atoms with Crippen molar-refractivity contribution in [2.24, 2.45) is 7.05 Å². The van der Waals surface area contributed by atoms with E-state index in [0.29, 0.717) is 10.9 Å². The van der Waals surface area contributed by atoms with Gasteiger partial charge < -0.3 is 9.84 Å². The smallest absolute Gasteiger partial charge is 0.335 e. The van der Waals surface area contributed by atoms with E-state index in [0.717, 1.165) is 26.4 Å². The number of nitrogens with zero attached hydrogens (tertiary/aromatic N) is 3. The lowest BCUT2D eigenvalue weighted by atomic mass is 10.2. The van der Waals surface area contributed by atoms with Crippen LogP contribution in [-0.2, 0) is 7.05 Å². The molecule has 8 heteroatoms. The third-order valence-electron chi connectivity index (χ3n) is 4.29. The van der Waals surface area contributed by atoms with Crippen molar-refractivity contribution in [2.45, 2.75) is 9.79 Å². The monoisotopic (exact) mass is 413 g/mol. The molecule has 2 aromatic carbocycles. The highest BCUT2D eigenvalue weighted by Gasteiger charge is 2.21. The summed E-state index contributed by atoms with van der Waals surface area (Å²) in [5.74, 6) is -0.324. The number of aromatic carboxylic acids is 1. The van der Waals surface area contributed by atoms with E-state index in [9.17, 15) is 9.90 Å². The molecule has 0 unspecified atom stereocenters. The molecule has 4 rings (SSSR count). The molecule has 2 heterocycles. The number of ether oxygens (including phenoxy) is 1. The van der Waals surface area contributed by atoms with Gasteiger partial charge in [-0.05, 0) is 30.3 Å². The van der Waals surface area contributed by atoms with Gasteiger partial charge in [-0.1, -0.05) is 35.5 Å². The third kappa shape index (κ3) is 3.23. The summed E-state index contributed by atoms with van der Waals surface area (Å²) in [6.07, 6.45) is 3.64. The van der Waals surface area contributed by atoms with Gasteiger partial charge in [0.05, 0.1) is 35.0 Å². The van der Waals surface area contributed by atoms with Crippen LogP contribution >= 0.6 is 23.4 Å². The van der Waals surface area contributed by atoms with E-state index in [2.05, 4.69) is 5.10 Å². The van der Waals surface area contributed by atoms with Gasteiger partial charge in [-0.2, -0.15) is 5.10 Å². The predicted octanol–water partition coefficient (Wildman–Crippen LogP) is 4.88. The van der Waals surface area contributed by atoms with E-state index in [-0.39, 0.29) is 5.56 Å². The molecule has 142 valence electrons. The zero-order chi connectivity index (χ0) is 19.8. The van der Waals surface area contributed by atoms with Crippen LogP contribution in [0.4, 0.5) is 0 Å². The summed E-state index contributed by atoms with van der Waals surface area (Å²) >= 11 is 7.71. The molecule has 0 aliphatic heterocycles. The Morgan fingerprint density at radius 1 is 1.25 bits per heavy atom. The highest BCUT2D eigenvalue weighted by atomic mass is 35.5. The number of hydrogen-bond acceptors (Lipinski definition) is 4. The van der Waals surface area contributed by atoms with Crippen LogP contribution in [0.5, 0.6) is 5.88 Å². The molecule has 0 saturated heterocycles. The second kappa shape index (κ2) is 7.26. The van der Waals surface area contributed by atoms with Crippen molar-refractivity contribution in [3.63, 3.8) is 0 Å². The van der Waals surface area contributed by atoms with Gasteiger partial charge in [0.15, 0.2) is 0 Å². The van der Waals surface area contributed by atoms with E-state index >= 15 is 0 Å². The number of carboxylic acids is 1. The number of hydrogen-bond donors (Lipinski definition) is 1. The van der Waals surface area contributed by atoms with Gasteiger partial charge in [0.1, 0.15) is 0 Å². The van der Waals surface area contributed by atoms with Crippen molar-refractivity contribution in [3.05, 3.63) is 65.4 Å². The van der Waals surface area contributed by atoms with Crippen molar-refractivity contribution in [2.75, 3.05) is 7.11 Å². The Bertz CT molecular complexity index is 1200. The molecule has 0 aliphatic rings. The first-order valence-corrected chi connectivity index (χ1v) is 9.55. The van der Waals surface area contributed by atoms with Crippen LogP contribution in [0, 0.1) is 0 Å². The van der Waals surface area contributed by atoms with Crippen molar-refractivity contribution >= 4 is 40.2 Å². The van der Waals surface area contributed by atoms with Crippen LogP contribution in [0.2, 0.25) is 5.02 Å². The van der Waals surface area contributed by atoms with Crippen molar-refractivity contribution in [1.82, 2.24) is 14.3 Å². The van der Waals surface area contributed by atoms with E-state index in [1.165, 1.54) is 11.8 Å². The standard InChI is InChI=1S/C20H16ClN3O3S/c1-23-11-14(10-22-23)24-17-9-13(21)6-7-16(17)18(19(24)27-2)28-15-5-3-4-12(8-15)20(25)26/h3-11H,1-2H3,(H,25,26). The summed E-state index contributed by atoms with van der Waals surface area (Å²) in [5.41, 5.74) is 1.97. The molecule has 0 spiro atoms. The van der Waals surface area contributed by atoms with Crippen LogP contribution in [-0.4, -0.2) is 32.5 Å². The minimum atomic E-state index is -0.959. The Hall–Kier alpha value is -2.90. The maximum Gasteiger partial charge on any atom is 0.335 e. The molecular weight excluding hydrogens is 398 g/mol.